The van der Waals surface area contributed by atoms with Gasteiger partial charge in [-0.15, -0.1) is 0 Å². The highest BCUT2D eigenvalue weighted by Crippen LogP contribution is 2.25. The average molecular weight is 332 g/mol. The van der Waals surface area contributed by atoms with E-state index in [0.717, 1.165) is 15.6 Å². The zero-order chi connectivity index (χ0) is 16.4. The lowest BCUT2D eigenvalue weighted by Gasteiger charge is -2.34. The number of carbonyl (C=O) groups is 2. The highest BCUT2D eigenvalue weighted by Gasteiger charge is 2.26. The van der Waals surface area contributed by atoms with Crippen LogP contribution in [0, 0.1) is 6.92 Å². The average Bonchev–Trinajstić information content (AvgIpc) is 2.97. The molecule has 0 atom stereocenters. The second kappa shape index (κ2) is 6.54. The number of nitrogens with one attached hydrogen (secondary N) is 1. The Morgan fingerprint density at radius 2 is 1.91 bits per heavy atom. The molecule has 2 heterocycles. The van der Waals surface area contributed by atoms with Crippen LogP contribution in [0.15, 0.2) is 18.2 Å². The van der Waals surface area contributed by atoms with Gasteiger partial charge in [-0.25, -0.2) is 4.79 Å². The molecule has 7 heteroatoms. The van der Waals surface area contributed by atoms with E-state index in [-0.39, 0.29) is 11.9 Å². The minimum absolute atomic E-state index is 0.0441. The van der Waals surface area contributed by atoms with E-state index in [0.29, 0.717) is 38.4 Å². The molecule has 1 aromatic heterocycles. The van der Waals surface area contributed by atoms with Gasteiger partial charge in [0.15, 0.2) is 0 Å². The summed E-state index contributed by atoms with van der Waals surface area (Å²) in [5, 5.41) is 3.71. The van der Waals surface area contributed by atoms with Crippen LogP contribution >= 0.6 is 11.5 Å². The van der Waals surface area contributed by atoms with Crippen molar-refractivity contribution in [2.75, 3.05) is 32.7 Å². The molecule has 0 radical (unpaired) electrons. The number of aryl methyl sites for hydroxylation is 1. The van der Waals surface area contributed by atoms with Crippen molar-refractivity contribution in [2.45, 2.75) is 13.8 Å². The minimum Gasteiger partial charge on any atom is -0.338 e. The van der Waals surface area contributed by atoms with Crippen molar-refractivity contribution in [3.05, 3.63) is 29.5 Å². The van der Waals surface area contributed by atoms with Crippen LogP contribution in [0.25, 0.3) is 10.1 Å². The van der Waals surface area contributed by atoms with Crippen LogP contribution in [-0.4, -0.2) is 58.8 Å². The number of urea groups is 1. The SMILES string of the molecule is CCNC(=O)N1CCN(C(=O)c2nsc3ccc(C)cc23)CC1. The van der Waals surface area contributed by atoms with Gasteiger partial charge in [0.25, 0.3) is 5.91 Å². The molecule has 1 aliphatic heterocycles. The van der Waals surface area contributed by atoms with Crippen LogP contribution in [0.4, 0.5) is 4.79 Å². The number of rotatable bonds is 2. The molecular formula is C16H20N4O2S. The van der Waals surface area contributed by atoms with Crippen molar-refractivity contribution in [3.63, 3.8) is 0 Å². The first-order chi connectivity index (χ1) is 11.1. The minimum atomic E-state index is -0.0608. The molecule has 2 aromatic rings. The van der Waals surface area contributed by atoms with E-state index in [1.54, 1.807) is 9.80 Å². The summed E-state index contributed by atoms with van der Waals surface area (Å²) in [7, 11) is 0. The van der Waals surface area contributed by atoms with E-state index in [1.165, 1.54) is 11.5 Å². The Hall–Kier alpha value is -2.15. The van der Waals surface area contributed by atoms with Gasteiger partial charge in [0.05, 0.1) is 4.70 Å². The number of nitrogens with zero attached hydrogens (tertiary/aromatic N) is 3. The third kappa shape index (κ3) is 3.14. The number of aromatic nitrogens is 1. The van der Waals surface area contributed by atoms with E-state index < -0.39 is 0 Å². The summed E-state index contributed by atoms with van der Waals surface area (Å²) >= 11 is 1.35. The van der Waals surface area contributed by atoms with Gasteiger partial charge >= 0.3 is 6.03 Å². The van der Waals surface area contributed by atoms with Crippen LogP contribution in [0.2, 0.25) is 0 Å². The first-order valence-corrected chi connectivity index (χ1v) is 8.55. The zero-order valence-corrected chi connectivity index (χ0v) is 14.2. The second-order valence-electron chi connectivity index (χ2n) is 5.65. The maximum absolute atomic E-state index is 12.7. The van der Waals surface area contributed by atoms with Crippen molar-refractivity contribution in [1.29, 1.82) is 0 Å². The molecule has 1 N–H and O–H groups in total. The van der Waals surface area contributed by atoms with Gasteiger partial charge in [-0.3, -0.25) is 4.79 Å². The number of piperazine rings is 1. The molecule has 0 aliphatic carbocycles. The Balaban J connectivity index is 1.72. The second-order valence-corrected chi connectivity index (χ2v) is 6.45. The third-order valence-corrected chi connectivity index (χ3v) is 4.84. The summed E-state index contributed by atoms with van der Waals surface area (Å²) < 4.78 is 5.38. The molecule has 122 valence electrons. The van der Waals surface area contributed by atoms with Crippen molar-refractivity contribution in [3.8, 4) is 0 Å². The normalized spacial score (nSPS) is 15.0. The van der Waals surface area contributed by atoms with Crippen molar-refractivity contribution >= 4 is 33.6 Å². The molecule has 6 nitrogen and oxygen atoms in total. The van der Waals surface area contributed by atoms with E-state index in [2.05, 4.69) is 9.69 Å². The Morgan fingerprint density at radius 3 is 2.61 bits per heavy atom. The van der Waals surface area contributed by atoms with E-state index in [1.807, 2.05) is 32.0 Å². The highest BCUT2D eigenvalue weighted by molar-refractivity contribution is 7.13. The summed E-state index contributed by atoms with van der Waals surface area (Å²) in [6.45, 7) is 6.71. The van der Waals surface area contributed by atoms with Crippen LogP contribution in [0.1, 0.15) is 23.0 Å². The van der Waals surface area contributed by atoms with E-state index in [9.17, 15) is 9.59 Å². The van der Waals surface area contributed by atoms with Gasteiger partial charge in [-0.05, 0) is 37.5 Å². The summed E-state index contributed by atoms with van der Waals surface area (Å²) in [5.41, 5.74) is 1.65. The fraction of sp³-hybridized carbons (Fsp3) is 0.438. The van der Waals surface area contributed by atoms with Gasteiger partial charge in [0.2, 0.25) is 0 Å². The van der Waals surface area contributed by atoms with Gasteiger partial charge in [0.1, 0.15) is 5.69 Å². The fourth-order valence-electron chi connectivity index (χ4n) is 2.73. The molecule has 1 saturated heterocycles. The summed E-state index contributed by atoms with van der Waals surface area (Å²) in [6.07, 6.45) is 0. The molecule has 0 bridgehead atoms. The van der Waals surface area contributed by atoms with Crippen LogP contribution in [0.5, 0.6) is 0 Å². The van der Waals surface area contributed by atoms with Gasteiger partial charge < -0.3 is 15.1 Å². The van der Waals surface area contributed by atoms with Crippen LogP contribution < -0.4 is 5.32 Å². The molecule has 23 heavy (non-hydrogen) atoms. The Kier molecular flexibility index (Phi) is 4.47. The Labute approximate surface area is 139 Å². The third-order valence-electron chi connectivity index (χ3n) is 4.01. The van der Waals surface area contributed by atoms with E-state index >= 15 is 0 Å². The zero-order valence-electron chi connectivity index (χ0n) is 13.3. The van der Waals surface area contributed by atoms with Crippen molar-refractivity contribution < 1.29 is 9.59 Å². The smallest absolute Gasteiger partial charge is 0.317 e. The topological polar surface area (TPSA) is 65.5 Å². The van der Waals surface area contributed by atoms with Gasteiger partial charge in [-0.1, -0.05) is 11.6 Å². The fourth-order valence-corrected chi connectivity index (χ4v) is 3.48. The summed E-state index contributed by atoms with van der Waals surface area (Å²) in [6, 6.07) is 5.98. The predicted molar refractivity (Wildman–Crippen MR) is 90.9 cm³/mol. The number of fused-ring (bicyclic) bond motifs is 1. The maximum atomic E-state index is 12.7. The number of benzene rings is 1. The quantitative estimate of drug-likeness (QED) is 0.916. The lowest BCUT2D eigenvalue weighted by atomic mass is 10.1. The molecule has 1 aromatic carbocycles. The molecule has 0 unspecified atom stereocenters. The highest BCUT2D eigenvalue weighted by atomic mass is 32.1. The monoisotopic (exact) mass is 332 g/mol. The molecule has 0 saturated carbocycles. The maximum Gasteiger partial charge on any atom is 0.317 e. The number of hydrogen-bond acceptors (Lipinski definition) is 4. The molecule has 3 rings (SSSR count). The Morgan fingerprint density at radius 1 is 1.22 bits per heavy atom. The van der Waals surface area contributed by atoms with Crippen LogP contribution in [0.3, 0.4) is 0 Å². The first-order valence-electron chi connectivity index (χ1n) is 7.78. The van der Waals surface area contributed by atoms with E-state index in [4.69, 9.17) is 0 Å². The first kappa shape index (κ1) is 15.7. The van der Waals surface area contributed by atoms with Crippen molar-refractivity contribution in [2.24, 2.45) is 0 Å². The van der Waals surface area contributed by atoms with Gasteiger partial charge in [0, 0.05) is 38.1 Å². The molecule has 1 fully saturated rings. The van der Waals surface area contributed by atoms with Crippen LogP contribution in [-0.2, 0) is 0 Å². The summed E-state index contributed by atoms with van der Waals surface area (Å²) in [4.78, 5) is 28.1. The Bertz CT molecular complexity index is 735. The molecule has 1 aliphatic rings. The number of carbonyl (C=O) groups excluding carboxylic acids is 2. The van der Waals surface area contributed by atoms with Crippen molar-refractivity contribution in [1.82, 2.24) is 19.5 Å². The summed E-state index contributed by atoms with van der Waals surface area (Å²) in [5.74, 6) is -0.0441. The number of hydrogen-bond donors (Lipinski definition) is 1. The largest absolute Gasteiger partial charge is 0.338 e. The standard InChI is InChI=1S/C16H20N4O2S/c1-3-17-16(22)20-8-6-19(7-9-20)15(21)14-12-10-11(2)4-5-13(12)23-18-14/h4-5,10H,3,6-9H2,1-2H3,(H,17,22). The van der Waals surface area contributed by atoms with Gasteiger partial charge in [-0.2, -0.15) is 4.37 Å². The lowest BCUT2D eigenvalue weighted by molar-refractivity contribution is 0.0663. The molecular weight excluding hydrogens is 312 g/mol. The molecule has 0 spiro atoms. The predicted octanol–water partition coefficient (Wildman–Crippen LogP) is 2.09. The number of amides is 3. The molecule has 3 amide bonds. The lowest BCUT2D eigenvalue weighted by Crippen LogP contribution is -2.53.